The van der Waals surface area contributed by atoms with E-state index in [1.54, 1.807) is 0 Å². The van der Waals surface area contributed by atoms with Gasteiger partial charge in [0.1, 0.15) is 0 Å². The lowest BCUT2D eigenvalue weighted by molar-refractivity contribution is 1.30. The molecule has 0 aromatic heterocycles. The average molecular weight is 87.1 g/mol. The van der Waals surface area contributed by atoms with Crippen LogP contribution < -0.4 is 5.73 Å². The van der Waals surface area contributed by atoms with Crippen molar-refractivity contribution in [3.63, 3.8) is 0 Å². The van der Waals surface area contributed by atoms with Crippen molar-refractivity contribution < 1.29 is 0 Å². The van der Waals surface area contributed by atoms with Crippen LogP contribution in [0.2, 0.25) is 0 Å². The molecule has 0 aliphatic carbocycles. The van der Waals surface area contributed by atoms with E-state index in [9.17, 15) is 0 Å². The van der Waals surface area contributed by atoms with Crippen molar-refractivity contribution in [1.82, 2.24) is 0 Å². The third-order valence-electron chi connectivity index (χ3n) is 0.204. The fraction of sp³-hybridized carbons (Fsp3) is 0.333. The molecule has 1 nitrogen and oxygen atoms in total. The van der Waals surface area contributed by atoms with E-state index in [2.05, 4.69) is 20.8 Å². The van der Waals surface area contributed by atoms with Crippen LogP contribution in [0.15, 0.2) is 0 Å². The minimum atomic E-state index is 0.462. The highest BCUT2D eigenvalue weighted by Crippen LogP contribution is 1.64. The highest BCUT2D eigenvalue weighted by Gasteiger charge is 1.47. The topological polar surface area (TPSA) is 26.0 Å². The lowest BCUT2D eigenvalue weighted by atomic mass is 10.7. The van der Waals surface area contributed by atoms with Gasteiger partial charge >= 0.3 is 0 Å². The van der Waals surface area contributed by atoms with Crippen molar-refractivity contribution in [3.05, 3.63) is 0 Å². The van der Waals surface area contributed by atoms with Crippen LogP contribution >= 0.6 is 9.24 Å². The van der Waals surface area contributed by atoms with Crippen molar-refractivity contribution in [2.24, 2.45) is 5.73 Å². The zero-order chi connectivity index (χ0) is 4.12. The van der Waals surface area contributed by atoms with E-state index in [-0.39, 0.29) is 0 Å². The van der Waals surface area contributed by atoms with E-state index < -0.39 is 0 Å². The molecule has 2 heteroatoms. The van der Waals surface area contributed by atoms with Crippen LogP contribution in [0.4, 0.5) is 0 Å². The summed E-state index contributed by atoms with van der Waals surface area (Å²) in [4.78, 5) is 0. The van der Waals surface area contributed by atoms with Gasteiger partial charge in [-0.05, 0) is 0 Å². The second kappa shape index (κ2) is 3.95. The van der Waals surface area contributed by atoms with Gasteiger partial charge < -0.3 is 5.73 Å². The molecule has 0 saturated heterocycles. The van der Waals surface area contributed by atoms with Crippen LogP contribution in [0, 0.1) is 11.6 Å². The third-order valence-corrected chi connectivity index (χ3v) is 0.408. The molecule has 0 aromatic carbocycles. The van der Waals surface area contributed by atoms with Gasteiger partial charge in [-0.15, -0.1) is 0 Å². The Bertz CT molecular complexity index is 59.0. The molecular formula is C3H6NP. The fourth-order valence-electron chi connectivity index (χ4n) is 0.0589. The average Bonchev–Trinajstić information content (AvgIpc) is 1.41. The van der Waals surface area contributed by atoms with Gasteiger partial charge in [0.25, 0.3) is 0 Å². The molecule has 0 radical (unpaired) electrons. The Morgan fingerprint density at radius 1 is 1.80 bits per heavy atom. The Kier molecular flexibility index (Phi) is 3.91. The molecule has 0 spiro atoms. The van der Waals surface area contributed by atoms with Crippen molar-refractivity contribution in [2.45, 2.75) is 0 Å². The van der Waals surface area contributed by atoms with Crippen LogP contribution in [0.3, 0.4) is 0 Å². The number of nitrogens with two attached hydrogens (primary N) is 1. The summed E-state index contributed by atoms with van der Waals surface area (Å²) in [6, 6.07) is 0. The first-order valence-electron chi connectivity index (χ1n) is 1.30. The number of hydrogen-bond donors (Lipinski definition) is 1. The lowest BCUT2D eigenvalue weighted by Gasteiger charge is -1.60. The Morgan fingerprint density at radius 2 is 2.40 bits per heavy atom. The van der Waals surface area contributed by atoms with Gasteiger partial charge in [0.2, 0.25) is 0 Å². The summed E-state index contributed by atoms with van der Waals surface area (Å²) in [5.74, 6) is 2.60. The maximum atomic E-state index is 4.95. The molecule has 28 valence electrons. The van der Waals surface area contributed by atoms with Gasteiger partial charge in [0, 0.05) is 0 Å². The van der Waals surface area contributed by atoms with E-state index in [1.807, 2.05) is 0 Å². The first-order valence-corrected chi connectivity index (χ1v) is 1.88. The van der Waals surface area contributed by atoms with Crippen LogP contribution in [0.25, 0.3) is 0 Å². The smallest absolute Gasteiger partial charge is 0.0554 e. The van der Waals surface area contributed by atoms with E-state index in [1.165, 1.54) is 0 Å². The van der Waals surface area contributed by atoms with Gasteiger partial charge in [-0.2, -0.15) is 0 Å². The second-order valence-electron chi connectivity index (χ2n) is 0.525. The number of hydrogen-bond acceptors (Lipinski definition) is 1. The molecule has 0 heterocycles. The van der Waals surface area contributed by atoms with Crippen LogP contribution in [0.5, 0.6) is 0 Å². The molecule has 0 amide bonds. The first kappa shape index (κ1) is 4.95. The normalized spacial score (nSPS) is 5.20. The standard InChI is InChI=1S/C3H6NP/c4-2-1-3-5/h2,4-5H2. The van der Waals surface area contributed by atoms with E-state index in [0.717, 1.165) is 0 Å². The minimum absolute atomic E-state index is 0.462. The van der Waals surface area contributed by atoms with Gasteiger partial charge in [-0.1, -0.05) is 20.8 Å². The molecule has 1 unspecified atom stereocenters. The Morgan fingerprint density at radius 3 is 2.40 bits per heavy atom. The highest BCUT2D eigenvalue weighted by molar-refractivity contribution is 7.23. The maximum Gasteiger partial charge on any atom is 0.0554 e. The molecule has 0 aromatic rings. The highest BCUT2D eigenvalue weighted by atomic mass is 31.0. The summed E-state index contributed by atoms with van der Waals surface area (Å²) >= 11 is 0. The zero-order valence-electron chi connectivity index (χ0n) is 2.86. The molecule has 5 heavy (non-hydrogen) atoms. The molecule has 0 fully saturated rings. The van der Waals surface area contributed by atoms with Crippen molar-refractivity contribution >= 4 is 9.24 Å². The molecular weight excluding hydrogens is 81.0 g/mol. The van der Waals surface area contributed by atoms with Gasteiger partial charge in [-0.3, -0.25) is 0 Å². The predicted molar refractivity (Wildman–Crippen MR) is 26.5 cm³/mol. The summed E-state index contributed by atoms with van der Waals surface area (Å²) in [6.07, 6.45) is 0. The summed E-state index contributed by atoms with van der Waals surface area (Å²) in [5, 5.41) is 0. The fourth-order valence-corrected chi connectivity index (χ4v) is 0.177. The van der Waals surface area contributed by atoms with Crippen LogP contribution in [0.1, 0.15) is 0 Å². The Labute approximate surface area is 34.1 Å². The van der Waals surface area contributed by atoms with Crippen molar-refractivity contribution in [1.29, 1.82) is 0 Å². The Hall–Kier alpha value is -0.0500. The zero-order valence-corrected chi connectivity index (χ0v) is 4.02. The van der Waals surface area contributed by atoms with Crippen LogP contribution in [-0.4, -0.2) is 6.54 Å². The van der Waals surface area contributed by atoms with Gasteiger partial charge in [-0.25, -0.2) is 0 Å². The van der Waals surface area contributed by atoms with E-state index >= 15 is 0 Å². The van der Waals surface area contributed by atoms with Crippen molar-refractivity contribution in [2.75, 3.05) is 6.54 Å². The predicted octanol–water partition coefficient (Wildman–Crippen LogP) is -0.219. The summed E-state index contributed by atoms with van der Waals surface area (Å²) in [5.41, 5.74) is 7.51. The second-order valence-corrected chi connectivity index (χ2v) is 0.814. The van der Waals surface area contributed by atoms with Gasteiger partial charge in [0.05, 0.1) is 6.54 Å². The third kappa shape index (κ3) is 3.95. The van der Waals surface area contributed by atoms with Gasteiger partial charge in [0.15, 0.2) is 0 Å². The monoisotopic (exact) mass is 87.0 g/mol. The maximum absolute atomic E-state index is 4.95. The molecule has 0 aliphatic heterocycles. The number of rotatable bonds is 0. The van der Waals surface area contributed by atoms with E-state index in [0.29, 0.717) is 6.54 Å². The van der Waals surface area contributed by atoms with Crippen molar-refractivity contribution in [3.8, 4) is 11.6 Å². The summed E-state index contributed by atoms with van der Waals surface area (Å²) < 4.78 is 0. The summed E-state index contributed by atoms with van der Waals surface area (Å²) in [7, 11) is 2.26. The molecule has 0 saturated carbocycles. The SMILES string of the molecule is NCC#CP. The molecule has 0 aliphatic rings. The minimum Gasteiger partial charge on any atom is -0.320 e. The molecule has 0 bridgehead atoms. The van der Waals surface area contributed by atoms with Crippen LogP contribution in [-0.2, 0) is 0 Å². The molecule has 0 rings (SSSR count). The molecule has 2 N–H and O–H groups in total. The largest absolute Gasteiger partial charge is 0.320 e. The quantitative estimate of drug-likeness (QED) is 0.321. The van der Waals surface area contributed by atoms with E-state index in [4.69, 9.17) is 5.73 Å². The first-order chi connectivity index (χ1) is 2.41. The summed E-state index contributed by atoms with van der Waals surface area (Å²) in [6.45, 7) is 0.462. The lowest BCUT2D eigenvalue weighted by Crippen LogP contribution is -1.91. The molecule has 1 atom stereocenters. The Balaban J connectivity index is 2.81.